The molecule has 2 rings (SSSR count). The third-order valence-electron chi connectivity index (χ3n) is 4.91. The lowest BCUT2D eigenvalue weighted by Gasteiger charge is -2.19. The Bertz CT molecular complexity index is 749. The van der Waals surface area contributed by atoms with Crippen molar-refractivity contribution in [2.45, 2.75) is 64.4 Å². The number of carbonyl (C=O) groups excluding carboxylic acids is 1. The van der Waals surface area contributed by atoms with E-state index in [1.54, 1.807) is 0 Å². The van der Waals surface area contributed by atoms with Crippen LogP contribution in [0.3, 0.4) is 0 Å². The average molecular weight is 378 g/mol. The molecule has 3 heteroatoms. The summed E-state index contributed by atoms with van der Waals surface area (Å²) in [5, 5.41) is 8.91. The molecule has 0 aliphatic rings. The fraction of sp³-hybridized carbons (Fsp3) is 0.440. The normalized spacial score (nSPS) is 11.7. The molecule has 0 bridgehead atoms. The van der Waals surface area contributed by atoms with E-state index in [9.17, 15) is 4.79 Å². The van der Waals surface area contributed by atoms with Crippen molar-refractivity contribution < 1.29 is 9.53 Å². The van der Waals surface area contributed by atoms with Gasteiger partial charge >= 0.3 is 0 Å². The maximum absolute atomic E-state index is 13.3. The van der Waals surface area contributed by atoms with E-state index in [-0.39, 0.29) is 5.78 Å². The number of nitriles is 1. The van der Waals surface area contributed by atoms with Crippen molar-refractivity contribution in [3.63, 3.8) is 0 Å². The van der Waals surface area contributed by atoms with E-state index < -0.39 is 6.10 Å². The van der Waals surface area contributed by atoms with Gasteiger partial charge in [0.15, 0.2) is 5.78 Å². The SMILES string of the molecule is CCCCCCCCOC(C(=O)c1ccccc1CCC#N)c1ccccc1. The van der Waals surface area contributed by atoms with Gasteiger partial charge in [0.1, 0.15) is 6.10 Å². The number of benzene rings is 2. The number of ketones is 1. The summed E-state index contributed by atoms with van der Waals surface area (Å²) < 4.78 is 6.10. The zero-order valence-corrected chi connectivity index (χ0v) is 16.9. The van der Waals surface area contributed by atoms with E-state index in [0.717, 1.165) is 24.0 Å². The molecular weight excluding hydrogens is 346 g/mol. The highest BCUT2D eigenvalue weighted by atomic mass is 16.5. The number of nitrogens with zero attached hydrogens (tertiary/aromatic N) is 1. The predicted octanol–water partition coefficient (Wildman–Crippen LogP) is 6.44. The van der Waals surface area contributed by atoms with Crippen LogP contribution in [0.2, 0.25) is 0 Å². The third kappa shape index (κ3) is 6.94. The van der Waals surface area contributed by atoms with Gasteiger partial charge in [0.25, 0.3) is 0 Å². The molecule has 0 radical (unpaired) electrons. The van der Waals surface area contributed by atoms with Crippen LogP contribution in [0.15, 0.2) is 54.6 Å². The number of Topliss-reactive ketones (excluding diaryl/α,β-unsaturated/α-hetero) is 1. The quantitative estimate of drug-likeness (QED) is 0.298. The molecule has 1 atom stereocenters. The summed E-state index contributed by atoms with van der Waals surface area (Å²) in [6, 6.07) is 19.4. The van der Waals surface area contributed by atoms with E-state index >= 15 is 0 Å². The molecule has 0 amide bonds. The van der Waals surface area contributed by atoms with Crippen LogP contribution in [0.5, 0.6) is 0 Å². The number of aryl methyl sites for hydroxylation is 1. The molecule has 0 heterocycles. The molecule has 0 aliphatic carbocycles. The van der Waals surface area contributed by atoms with Crippen LogP contribution < -0.4 is 0 Å². The second kappa shape index (κ2) is 12.9. The maximum Gasteiger partial charge on any atom is 0.196 e. The number of ether oxygens (including phenoxy) is 1. The summed E-state index contributed by atoms with van der Waals surface area (Å²) in [6.45, 7) is 2.80. The van der Waals surface area contributed by atoms with Crippen LogP contribution in [-0.4, -0.2) is 12.4 Å². The van der Waals surface area contributed by atoms with Crippen LogP contribution in [-0.2, 0) is 11.2 Å². The Hall–Kier alpha value is -2.44. The molecule has 0 saturated heterocycles. The Morgan fingerprint density at radius 1 is 0.964 bits per heavy atom. The highest BCUT2D eigenvalue weighted by Gasteiger charge is 2.24. The molecule has 0 N–H and O–H groups in total. The first-order valence-corrected chi connectivity index (χ1v) is 10.4. The lowest BCUT2D eigenvalue weighted by Crippen LogP contribution is -2.18. The van der Waals surface area contributed by atoms with Gasteiger partial charge in [-0.3, -0.25) is 4.79 Å². The van der Waals surface area contributed by atoms with Crippen LogP contribution in [0, 0.1) is 11.3 Å². The molecule has 0 aliphatic heterocycles. The van der Waals surface area contributed by atoms with Crippen molar-refractivity contribution in [1.29, 1.82) is 5.26 Å². The monoisotopic (exact) mass is 377 g/mol. The summed E-state index contributed by atoms with van der Waals surface area (Å²) in [5.41, 5.74) is 2.46. The summed E-state index contributed by atoms with van der Waals surface area (Å²) >= 11 is 0. The average Bonchev–Trinajstić information content (AvgIpc) is 2.74. The van der Waals surface area contributed by atoms with Crippen molar-refractivity contribution in [2.75, 3.05) is 6.61 Å². The predicted molar refractivity (Wildman–Crippen MR) is 113 cm³/mol. The summed E-state index contributed by atoms with van der Waals surface area (Å²) in [5.74, 6) is -0.0225. The molecule has 2 aromatic rings. The molecule has 0 fully saturated rings. The van der Waals surface area contributed by atoms with Crippen LogP contribution >= 0.6 is 0 Å². The molecule has 28 heavy (non-hydrogen) atoms. The molecule has 148 valence electrons. The van der Waals surface area contributed by atoms with Gasteiger partial charge in [-0.25, -0.2) is 0 Å². The van der Waals surface area contributed by atoms with Gasteiger partial charge < -0.3 is 4.74 Å². The van der Waals surface area contributed by atoms with Crippen LogP contribution in [0.25, 0.3) is 0 Å². The molecule has 0 spiro atoms. The Kier molecular flexibility index (Phi) is 10.0. The zero-order valence-electron chi connectivity index (χ0n) is 16.9. The van der Waals surface area contributed by atoms with Crippen molar-refractivity contribution in [1.82, 2.24) is 0 Å². The molecule has 2 aromatic carbocycles. The smallest absolute Gasteiger partial charge is 0.196 e. The number of carbonyl (C=O) groups is 1. The molecular formula is C25H31NO2. The number of unbranched alkanes of at least 4 members (excludes halogenated alkanes) is 5. The van der Waals surface area contributed by atoms with Crippen LogP contribution in [0.1, 0.15) is 79.5 Å². The van der Waals surface area contributed by atoms with E-state index in [2.05, 4.69) is 13.0 Å². The van der Waals surface area contributed by atoms with E-state index in [1.807, 2.05) is 54.6 Å². The summed E-state index contributed by atoms with van der Waals surface area (Å²) in [6.07, 6.45) is 7.50. The summed E-state index contributed by atoms with van der Waals surface area (Å²) in [7, 11) is 0. The second-order valence-corrected chi connectivity index (χ2v) is 7.11. The Morgan fingerprint density at radius 3 is 2.39 bits per heavy atom. The van der Waals surface area contributed by atoms with E-state index in [1.165, 1.54) is 25.7 Å². The second-order valence-electron chi connectivity index (χ2n) is 7.11. The first-order chi connectivity index (χ1) is 13.8. The minimum Gasteiger partial charge on any atom is -0.365 e. The molecule has 1 unspecified atom stereocenters. The van der Waals surface area contributed by atoms with Gasteiger partial charge in [0, 0.05) is 18.6 Å². The van der Waals surface area contributed by atoms with Gasteiger partial charge in [0.05, 0.1) is 6.07 Å². The number of hydrogen-bond donors (Lipinski definition) is 0. The van der Waals surface area contributed by atoms with Gasteiger partial charge in [-0.2, -0.15) is 5.26 Å². The lowest BCUT2D eigenvalue weighted by atomic mass is 9.94. The van der Waals surface area contributed by atoms with Crippen molar-refractivity contribution in [3.05, 3.63) is 71.3 Å². The molecule has 0 aromatic heterocycles. The summed E-state index contributed by atoms with van der Waals surface area (Å²) in [4.78, 5) is 13.3. The topological polar surface area (TPSA) is 50.1 Å². The first kappa shape index (κ1) is 21.9. The van der Waals surface area contributed by atoms with E-state index in [4.69, 9.17) is 10.00 Å². The van der Waals surface area contributed by atoms with Gasteiger partial charge in [0.2, 0.25) is 0 Å². The number of hydrogen-bond acceptors (Lipinski definition) is 3. The zero-order chi connectivity index (χ0) is 20.0. The standard InChI is InChI=1S/C25H31NO2/c1-2-3-4-5-6-12-20-28-25(22-15-8-7-9-16-22)24(27)23-18-11-10-14-21(23)17-13-19-26/h7-11,14-16,18,25H,2-6,12-13,17,20H2,1H3. The fourth-order valence-corrected chi connectivity index (χ4v) is 3.35. The van der Waals surface area contributed by atoms with Gasteiger partial charge in [-0.05, 0) is 24.0 Å². The lowest BCUT2D eigenvalue weighted by molar-refractivity contribution is 0.0390. The maximum atomic E-state index is 13.3. The first-order valence-electron chi connectivity index (χ1n) is 10.4. The minimum absolute atomic E-state index is 0.0225. The number of rotatable bonds is 13. The Labute approximate surface area is 169 Å². The third-order valence-corrected chi connectivity index (χ3v) is 4.91. The van der Waals surface area contributed by atoms with E-state index in [0.29, 0.717) is 25.0 Å². The van der Waals surface area contributed by atoms with Gasteiger partial charge in [-0.1, -0.05) is 93.6 Å². The molecule has 0 saturated carbocycles. The minimum atomic E-state index is -0.597. The fourth-order valence-electron chi connectivity index (χ4n) is 3.35. The van der Waals surface area contributed by atoms with Crippen LogP contribution in [0.4, 0.5) is 0 Å². The molecule has 3 nitrogen and oxygen atoms in total. The van der Waals surface area contributed by atoms with Gasteiger partial charge in [-0.15, -0.1) is 0 Å². The van der Waals surface area contributed by atoms with Crippen molar-refractivity contribution in [3.8, 4) is 6.07 Å². The highest BCUT2D eigenvalue weighted by molar-refractivity contribution is 6.01. The Balaban J connectivity index is 2.08. The van der Waals surface area contributed by atoms with Crippen molar-refractivity contribution >= 4 is 5.78 Å². The highest BCUT2D eigenvalue weighted by Crippen LogP contribution is 2.25. The largest absolute Gasteiger partial charge is 0.365 e. The van der Waals surface area contributed by atoms with Crippen molar-refractivity contribution in [2.24, 2.45) is 0 Å². The Morgan fingerprint density at radius 2 is 1.64 bits per heavy atom.